The molecule has 2 heterocycles. The summed E-state index contributed by atoms with van der Waals surface area (Å²) in [5.74, 6) is 1.28. The number of nitrogens with two attached hydrogens (primary N) is 2. The summed E-state index contributed by atoms with van der Waals surface area (Å²) < 4.78 is 11.2. The van der Waals surface area contributed by atoms with Crippen molar-refractivity contribution in [3.05, 3.63) is 76.0 Å². The first kappa shape index (κ1) is 24.7. The minimum Gasteiger partial charge on any atom is -0.493 e. The van der Waals surface area contributed by atoms with E-state index in [1.54, 1.807) is 26.5 Å². The SMILES string of the molecule is CCC1c2ccccc2C=NN1C(=O)/C=C/c1cc(Cc2c(C)nc(N)nc2N)cc(OC)c1OC. The standard InChI is InChI=1S/C27H30N6O3/c1-5-22-20-9-7-6-8-19(20)15-30-33(22)24(34)11-10-18-12-17(14-23(35-3)25(18)36-4)13-21-16(2)31-27(29)32-26(21)28/h6-12,14-15,22H,5,13H2,1-4H3,(H4,28,29,31,32)/b11-10+. The van der Waals surface area contributed by atoms with Gasteiger partial charge in [-0.05, 0) is 48.2 Å². The first-order valence-corrected chi connectivity index (χ1v) is 11.6. The third-order valence-corrected chi connectivity index (χ3v) is 6.20. The summed E-state index contributed by atoms with van der Waals surface area (Å²) in [6.07, 6.45) is 6.13. The van der Waals surface area contributed by atoms with Crippen molar-refractivity contribution in [1.82, 2.24) is 15.0 Å². The van der Waals surface area contributed by atoms with Gasteiger partial charge in [0.05, 0.1) is 26.5 Å². The predicted octanol–water partition coefficient (Wildman–Crippen LogP) is 3.90. The Balaban J connectivity index is 1.66. The molecular weight excluding hydrogens is 456 g/mol. The van der Waals surface area contributed by atoms with Gasteiger partial charge in [-0.25, -0.2) is 9.99 Å². The van der Waals surface area contributed by atoms with Crippen LogP contribution in [0.3, 0.4) is 0 Å². The average molecular weight is 487 g/mol. The number of hydrogen-bond acceptors (Lipinski definition) is 8. The number of anilines is 2. The lowest BCUT2D eigenvalue weighted by Crippen LogP contribution is -2.32. The molecule has 0 saturated carbocycles. The van der Waals surface area contributed by atoms with Crippen LogP contribution in [0.5, 0.6) is 11.5 Å². The summed E-state index contributed by atoms with van der Waals surface area (Å²) in [6.45, 7) is 3.88. The molecule has 1 atom stereocenters. The van der Waals surface area contributed by atoms with Crippen molar-refractivity contribution >= 4 is 30.0 Å². The number of ether oxygens (including phenoxy) is 2. The second-order valence-corrected chi connectivity index (χ2v) is 8.44. The molecule has 2 aromatic carbocycles. The second kappa shape index (κ2) is 10.5. The van der Waals surface area contributed by atoms with E-state index in [1.807, 2.05) is 50.2 Å². The van der Waals surface area contributed by atoms with E-state index < -0.39 is 0 Å². The molecule has 4 N–H and O–H groups in total. The molecule has 1 aliphatic heterocycles. The minimum atomic E-state index is -0.231. The predicted molar refractivity (Wildman–Crippen MR) is 141 cm³/mol. The van der Waals surface area contributed by atoms with Crippen molar-refractivity contribution in [1.29, 1.82) is 0 Å². The van der Waals surface area contributed by atoms with Crippen molar-refractivity contribution in [2.75, 3.05) is 25.7 Å². The van der Waals surface area contributed by atoms with E-state index in [1.165, 1.54) is 11.1 Å². The lowest BCUT2D eigenvalue weighted by molar-refractivity contribution is -0.128. The fourth-order valence-corrected chi connectivity index (χ4v) is 4.45. The molecule has 0 spiro atoms. The summed E-state index contributed by atoms with van der Waals surface area (Å²) in [7, 11) is 3.13. The Hall–Kier alpha value is -4.40. The van der Waals surface area contributed by atoms with Gasteiger partial charge in [0.25, 0.3) is 5.91 Å². The fourth-order valence-electron chi connectivity index (χ4n) is 4.45. The number of hydrogen-bond donors (Lipinski definition) is 2. The Morgan fingerprint density at radius 1 is 1.14 bits per heavy atom. The highest BCUT2D eigenvalue weighted by atomic mass is 16.5. The number of nitrogens with zero attached hydrogens (tertiary/aromatic N) is 4. The highest BCUT2D eigenvalue weighted by Crippen LogP contribution is 2.35. The third-order valence-electron chi connectivity index (χ3n) is 6.20. The summed E-state index contributed by atoms with van der Waals surface area (Å²) in [5, 5.41) is 5.94. The van der Waals surface area contributed by atoms with Crippen molar-refractivity contribution in [2.24, 2.45) is 5.10 Å². The maximum Gasteiger partial charge on any atom is 0.267 e. The topological polar surface area (TPSA) is 129 Å². The largest absolute Gasteiger partial charge is 0.493 e. The van der Waals surface area contributed by atoms with Crippen LogP contribution in [0.1, 0.15) is 52.9 Å². The molecule has 0 aliphatic carbocycles. The number of methoxy groups -OCH3 is 2. The molecule has 9 nitrogen and oxygen atoms in total. The van der Waals surface area contributed by atoms with Crippen molar-refractivity contribution in [3.63, 3.8) is 0 Å². The molecule has 0 bridgehead atoms. The van der Waals surface area contributed by atoms with Gasteiger partial charge < -0.3 is 20.9 Å². The number of amides is 1. The first-order valence-electron chi connectivity index (χ1n) is 11.6. The summed E-state index contributed by atoms with van der Waals surface area (Å²) in [6, 6.07) is 11.6. The molecule has 4 rings (SSSR count). The smallest absolute Gasteiger partial charge is 0.267 e. The summed E-state index contributed by atoms with van der Waals surface area (Å²) in [4.78, 5) is 21.5. The third kappa shape index (κ3) is 4.86. The number of nitrogen functional groups attached to an aromatic ring is 2. The van der Waals surface area contributed by atoms with Crippen LogP contribution in [0.2, 0.25) is 0 Å². The highest BCUT2D eigenvalue weighted by molar-refractivity contribution is 5.95. The number of rotatable bonds is 7. The molecule has 9 heteroatoms. The highest BCUT2D eigenvalue weighted by Gasteiger charge is 2.27. The van der Waals surface area contributed by atoms with Gasteiger partial charge in [-0.3, -0.25) is 4.79 Å². The van der Waals surface area contributed by atoms with Gasteiger partial charge in [-0.1, -0.05) is 31.2 Å². The fraction of sp³-hybridized carbons (Fsp3) is 0.259. The number of hydrazone groups is 1. The monoisotopic (exact) mass is 486 g/mol. The molecule has 36 heavy (non-hydrogen) atoms. The van der Waals surface area contributed by atoms with Gasteiger partial charge in [-0.15, -0.1) is 0 Å². The number of aromatic nitrogens is 2. The van der Waals surface area contributed by atoms with E-state index in [4.69, 9.17) is 20.9 Å². The molecule has 1 aliphatic rings. The minimum absolute atomic E-state index is 0.136. The molecule has 3 aromatic rings. The Morgan fingerprint density at radius 2 is 1.92 bits per heavy atom. The van der Waals surface area contributed by atoms with Crippen LogP contribution in [0, 0.1) is 6.92 Å². The van der Waals surface area contributed by atoms with E-state index >= 15 is 0 Å². The molecular formula is C27H30N6O3. The van der Waals surface area contributed by atoms with Gasteiger partial charge in [0.1, 0.15) is 5.82 Å². The number of fused-ring (bicyclic) bond motifs is 1. The van der Waals surface area contributed by atoms with E-state index in [-0.39, 0.29) is 17.9 Å². The van der Waals surface area contributed by atoms with E-state index in [0.717, 1.165) is 28.7 Å². The number of aryl methyl sites for hydroxylation is 1. The molecule has 186 valence electrons. The van der Waals surface area contributed by atoms with E-state index in [0.29, 0.717) is 35.0 Å². The molecule has 0 fully saturated rings. The number of benzene rings is 2. The number of carbonyl (C=O) groups excluding carboxylic acids is 1. The summed E-state index contributed by atoms with van der Waals surface area (Å²) in [5.41, 5.74) is 17.0. The molecule has 0 radical (unpaired) electrons. The molecule has 1 aromatic heterocycles. The zero-order valence-corrected chi connectivity index (χ0v) is 20.9. The van der Waals surface area contributed by atoms with Crippen LogP contribution in [0.15, 0.2) is 47.6 Å². The summed E-state index contributed by atoms with van der Waals surface area (Å²) >= 11 is 0. The van der Waals surface area contributed by atoms with E-state index in [9.17, 15) is 4.79 Å². The Kier molecular flexibility index (Phi) is 7.19. The van der Waals surface area contributed by atoms with E-state index in [2.05, 4.69) is 15.1 Å². The zero-order chi connectivity index (χ0) is 25.8. The van der Waals surface area contributed by atoms with Gasteiger partial charge >= 0.3 is 0 Å². The lowest BCUT2D eigenvalue weighted by atomic mass is 9.97. The molecule has 1 amide bonds. The van der Waals surface area contributed by atoms with Crippen LogP contribution in [0.4, 0.5) is 11.8 Å². The molecule has 0 saturated heterocycles. The van der Waals surface area contributed by atoms with Gasteiger partial charge in [-0.2, -0.15) is 10.1 Å². The van der Waals surface area contributed by atoms with Crippen LogP contribution < -0.4 is 20.9 Å². The average Bonchev–Trinajstić information content (AvgIpc) is 2.88. The van der Waals surface area contributed by atoms with Crippen molar-refractivity contribution in [3.8, 4) is 11.5 Å². The zero-order valence-electron chi connectivity index (χ0n) is 20.9. The Labute approximate surface area is 210 Å². The van der Waals surface area contributed by atoms with Crippen LogP contribution >= 0.6 is 0 Å². The van der Waals surface area contributed by atoms with Gasteiger partial charge in [0.15, 0.2) is 11.5 Å². The van der Waals surface area contributed by atoms with Crippen LogP contribution in [-0.4, -0.2) is 41.3 Å². The van der Waals surface area contributed by atoms with Gasteiger partial charge in [0, 0.05) is 29.3 Å². The van der Waals surface area contributed by atoms with Crippen molar-refractivity contribution in [2.45, 2.75) is 32.7 Å². The van der Waals surface area contributed by atoms with Crippen LogP contribution in [-0.2, 0) is 11.2 Å². The quantitative estimate of drug-likeness (QED) is 0.485. The first-order chi connectivity index (χ1) is 17.4. The Morgan fingerprint density at radius 3 is 2.61 bits per heavy atom. The second-order valence-electron chi connectivity index (χ2n) is 8.44. The molecule has 1 unspecified atom stereocenters. The normalized spacial score (nSPS) is 14.7. The maximum absolute atomic E-state index is 13.2. The van der Waals surface area contributed by atoms with Crippen LogP contribution in [0.25, 0.3) is 6.08 Å². The Bertz CT molecular complexity index is 1330. The van der Waals surface area contributed by atoms with Crippen molar-refractivity contribution < 1.29 is 14.3 Å². The van der Waals surface area contributed by atoms with Gasteiger partial charge in [0.2, 0.25) is 5.95 Å². The lowest BCUT2D eigenvalue weighted by Gasteiger charge is -2.30. The maximum atomic E-state index is 13.2. The number of carbonyl (C=O) groups is 1.